The van der Waals surface area contributed by atoms with Crippen LogP contribution in [0.5, 0.6) is 0 Å². The lowest BCUT2D eigenvalue weighted by atomic mass is 10.1. The first-order chi connectivity index (χ1) is 13.4. The average Bonchev–Trinajstić information content (AvgIpc) is 2.70. The number of rotatable bonds is 5. The number of anilines is 1. The highest BCUT2D eigenvalue weighted by Crippen LogP contribution is 2.15. The van der Waals surface area contributed by atoms with Gasteiger partial charge in [0.25, 0.3) is 11.8 Å². The monoisotopic (exact) mass is 384 g/mol. The minimum Gasteiger partial charge on any atom is -0.348 e. The summed E-state index contributed by atoms with van der Waals surface area (Å²) in [6.45, 7) is 0.199. The van der Waals surface area contributed by atoms with E-state index in [4.69, 9.17) is 0 Å². The van der Waals surface area contributed by atoms with Gasteiger partial charge in [0.15, 0.2) is 11.6 Å². The molecule has 4 nitrogen and oxygen atoms in total. The van der Waals surface area contributed by atoms with E-state index in [2.05, 4.69) is 10.6 Å². The van der Waals surface area contributed by atoms with Crippen molar-refractivity contribution >= 4 is 17.5 Å². The fourth-order valence-corrected chi connectivity index (χ4v) is 2.47. The van der Waals surface area contributed by atoms with Crippen LogP contribution in [-0.2, 0) is 6.54 Å². The van der Waals surface area contributed by atoms with E-state index in [1.165, 1.54) is 42.5 Å². The number of hydrogen-bond donors (Lipinski definition) is 2. The minimum absolute atomic E-state index is 0.0927. The molecule has 3 rings (SSSR count). The molecule has 0 unspecified atom stereocenters. The summed E-state index contributed by atoms with van der Waals surface area (Å²) in [5, 5.41) is 5.12. The van der Waals surface area contributed by atoms with Gasteiger partial charge in [-0.3, -0.25) is 9.59 Å². The summed E-state index contributed by atoms with van der Waals surface area (Å²) in [6, 6.07) is 14.7. The zero-order valence-electron chi connectivity index (χ0n) is 14.5. The smallest absolute Gasteiger partial charge is 0.255 e. The van der Waals surface area contributed by atoms with Gasteiger partial charge in [0, 0.05) is 29.4 Å². The van der Waals surface area contributed by atoms with Crippen LogP contribution in [0.3, 0.4) is 0 Å². The van der Waals surface area contributed by atoms with Crippen LogP contribution in [0.15, 0.2) is 66.7 Å². The second-order valence-corrected chi connectivity index (χ2v) is 5.97. The third-order valence-corrected chi connectivity index (χ3v) is 3.93. The van der Waals surface area contributed by atoms with Crippen LogP contribution in [0.2, 0.25) is 0 Å². The first-order valence-corrected chi connectivity index (χ1v) is 8.31. The van der Waals surface area contributed by atoms with Crippen LogP contribution in [0.25, 0.3) is 0 Å². The number of carbonyl (C=O) groups is 2. The number of benzene rings is 3. The predicted molar refractivity (Wildman–Crippen MR) is 98.3 cm³/mol. The van der Waals surface area contributed by atoms with Gasteiger partial charge in [0.1, 0.15) is 5.82 Å². The van der Waals surface area contributed by atoms with E-state index >= 15 is 0 Å². The lowest BCUT2D eigenvalue weighted by Gasteiger charge is -2.08. The van der Waals surface area contributed by atoms with Crippen molar-refractivity contribution in [2.45, 2.75) is 6.54 Å². The Morgan fingerprint density at radius 3 is 2.11 bits per heavy atom. The van der Waals surface area contributed by atoms with E-state index < -0.39 is 23.4 Å². The maximum Gasteiger partial charge on any atom is 0.255 e. The van der Waals surface area contributed by atoms with Crippen molar-refractivity contribution in [1.29, 1.82) is 0 Å². The van der Waals surface area contributed by atoms with Crippen LogP contribution in [0.1, 0.15) is 26.3 Å². The van der Waals surface area contributed by atoms with Crippen molar-refractivity contribution < 1.29 is 22.8 Å². The number of carbonyl (C=O) groups excluding carboxylic acids is 2. The number of halogens is 3. The van der Waals surface area contributed by atoms with Gasteiger partial charge in [0.2, 0.25) is 0 Å². The van der Waals surface area contributed by atoms with Crippen LogP contribution in [-0.4, -0.2) is 11.8 Å². The molecule has 142 valence electrons. The second-order valence-electron chi connectivity index (χ2n) is 5.97. The zero-order valence-corrected chi connectivity index (χ0v) is 14.5. The molecule has 0 saturated heterocycles. The highest BCUT2D eigenvalue weighted by molar-refractivity contribution is 6.06. The molecule has 0 bridgehead atoms. The Labute approximate surface area is 159 Å². The molecule has 0 aromatic heterocycles. The molecule has 0 aliphatic carbocycles. The molecule has 0 spiro atoms. The van der Waals surface area contributed by atoms with Crippen LogP contribution >= 0.6 is 0 Å². The van der Waals surface area contributed by atoms with Gasteiger partial charge in [-0.25, -0.2) is 13.2 Å². The summed E-state index contributed by atoms with van der Waals surface area (Å²) < 4.78 is 39.1. The van der Waals surface area contributed by atoms with Gasteiger partial charge >= 0.3 is 0 Å². The summed E-state index contributed by atoms with van der Waals surface area (Å²) >= 11 is 0. The average molecular weight is 384 g/mol. The molecule has 0 heterocycles. The highest BCUT2D eigenvalue weighted by Gasteiger charge is 2.12. The molecule has 0 saturated carbocycles. The topological polar surface area (TPSA) is 58.2 Å². The minimum atomic E-state index is -1.08. The molecule has 0 radical (unpaired) electrons. The Kier molecular flexibility index (Phi) is 5.74. The third-order valence-electron chi connectivity index (χ3n) is 3.93. The van der Waals surface area contributed by atoms with Gasteiger partial charge in [-0.15, -0.1) is 0 Å². The summed E-state index contributed by atoms with van der Waals surface area (Å²) in [5.41, 5.74) is 1.25. The Bertz CT molecular complexity index is 1020. The fourth-order valence-electron chi connectivity index (χ4n) is 2.47. The molecule has 0 fully saturated rings. The van der Waals surface area contributed by atoms with Crippen molar-refractivity contribution in [3.8, 4) is 0 Å². The summed E-state index contributed by atoms with van der Waals surface area (Å²) in [6.07, 6.45) is 0. The second kappa shape index (κ2) is 8.39. The molecule has 0 aliphatic heterocycles. The van der Waals surface area contributed by atoms with Crippen LogP contribution in [0.4, 0.5) is 18.9 Å². The molecule has 3 aromatic rings. The molecule has 2 N–H and O–H groups in total. The summed E-state index contributed by atoms with van der Waals surface area (Å²) in [7, 11) is 0. The molecule has 28 heavy (non-hydrogen) atoms. The Morgan fingerprint density at radius 2 is 1.43 bits per heavy atom. The van der Waals surface area contributed by atoms with Crippen molar-refractivity contribution in [2.75, 3.05) is 5.32 Å². The standard InChI is InChI=1S/C21H15F3N2O2/c22-16-6-4-13(5-7-16)12-25-20(27)14-2-1-3-15(10-14)21(28)26-17-8-9-18(23)19(24)11-17/h1-11H,12H2,(H,25,27)(H,26,28). The zero-order chi connectivity index (χ0) is 20.1. The van der Waals surface area contributed by atoms with E-state index in [9.17, 15) is 22.8 Å². The van der Waals surface area contributed by atoms with Crippen molar-refractivity contribution in [1.82, 2.24) is 5.32 Å². The molecular weight excluding hydrogens is 369 g/mol. The van der Waals surface area contributed by atoms with Crippen molar-refractivity contribution in [2.24, 2.45) is 0 Å². The molecule has 2 amide bonds. The lowest BCUT2D eigenvalue weighted by molar-refractivity contribution is 0.0951. The Hall–Kier alpha value is -3.61. The van der Waals surface area contributed by atoms with E-state index in [0.29, 0.717) is 0 Å². The van der Waals surface area contributed by atoms with Gasteiger partial charge in [-0.1, -0.05) is 18.2 Å². The molecule has 3 aromatic carbocycles. The van der Waals surface area contributed by atoms with Crippen LogP contribution in [0, 0.1) is 17.5 Å². The lowest BCUT2D eigenvalue weighted by Crippen LogP contribution is -2.23. The van der Waals surface area contributed by atoms with Gasteiger partial charge in [-0.05, 0) is 48.0 Å². The third kappa shape index (κ3) is 4.76. The molecular formula is C21H15F3N2O2. The number of amides is 2. The number of hydrogen-bond acceptors (Lipinski definition) is 2. The quantitative estimate of drug-likeness (QED) is 0.690. The summed E-state index contributed by atoms with van der Waals surface area (Å²) in [4.78, 5) is 24.6. The maximum absolute atomic E-state index is 13.2. The number of nitrogens with one attached hydrogen (secondary N) is 2. The van der Waals surface area contributed by atoms with Crippen molar-refractivity contribution in [3.05, 3.63) is 101 Å². The first kappa shape index (κ1) is 19.2. The van der Waals surface area contributed by atoms with E-state index in [1.54, 1.807) is 12.1 Å². The first-order valence-electron chi connectivity index (χ1n) is 8.31. The normalized spacial score (nSPS) is 10.4. The maximum atomic E-state index is 13.2. The molecule has 0 atom stereocenters. The van der Waals surface area contributed by atoms with E-state index in [1.807, 2.05) is 0 Å². The fraction of sp³-hybridized carbons (Fsp3) is 0.0476. The Balaban J connectivity index is 1.66. The Morgan fingerprint density at radius 1 is 0.750 bits per heavy atom. The highest BCUT2D eigenvalue weighted by atomic mass is 19.2. The summed E-state index contributed by atoms with van der Waals surface area (Å²) in [5.74, 6) is -3.44. The molecule has 0 aliphatic rings. The SMILES string of the molecule is O=C(NCc1ccc(F)cc1)c1cccc(C(=O)Nc2ccc(F)c(F)c2)c1. The van der Waals surface area contributed by atoms with E-state index in [0.717, 1.165) is 17.7 Å². The van der Waals surface area contributed by atoms with Gasteiger partial charge < -0.3 is 10.6 Å². The predicted octanol–water partition coefficient (Wildman–Crippen LogP) is 4.29. The largest absolute Gasteiger partial charge is 0.348 e. The molecule has 7 heteroatoms. The van der Waals surface area contributed by atoms with Gasteiger partial charge in [-0.2, -0.15) is 0 Å². The van der Waals surface area contributed by atoms with Crippen LogP contribution < -0.4 is 10.6 Å². The van der Waals surface area contributed by atoms with Crippen molar-refractivity contribution in [3.63, 3.8) is 0 Å². The van der Waals surface area contributed by atoms with Gasteiger partial charge in [0.05, 0.1) is 0 Å². The van der Waals surface area contributed by atoms with E-state index in [-0.39, 0.29) is 29.2 Å².